The fourth-order valence-electron chi connectivity index (χ4n) is 1.70. The predicted octanol–water partition coefficient (Wildman–Crippen LogP) is 3.14. The summed E-state index contributed by atoms with van der Waals surface area (Å²) in [5.41, 5.74) is 0. The average Bonchev–Trinajstić information content (AvgIpc) is 3.01. The number of hydrogen-bond acceptors (Lipinski definition) is 4. The lowest BCUT2D eigenvalue weighted by molar-refractivity contribution is -0.144. The molecule has 1 heterocycles. The van der Waals surface area contributed by atoms with Crippen LogP contribution in [0.25, 0.3) is 0 Å². The molecule has 2 atom stereocenters. The van der Waals surface area contributed by atoms with Crippen molar-refractivity contribution in [3.05, 3.63) is 11.9 Å². The summed E-state index contributed by atoms with van der Waals surface area (Å²) < 4.78 is 38.2. The summed E-state index contributed by atoms with van der Waals surface area (Å²) in [6.07, 6.45) is -2.76. The summed E-state index contributed by atoms with van der Waals surface area (Å²) >= 11 is 0. The van der Waals surface area contributed by atoms with Gasteiger partial charge in [-0.2, -0.15) is 13.2 Å². The number of alkyl halides is 3. The maximum Gasteiger partial charge on any atom is 0.451 e. The van der Waals surface area contributed by atoms with E-state index in [1.54, 1.807) is 0 Å². The van der Waals surface area contributed by atoms with Gasteiger partial charge >= 0.3 is 6.18 Å². The first kappa shape index (κ1) is 13.9. The van der Waals surface area contributed by atoms with Crippen molar-refractivity contribution in [1.29, 1.82) is 0 Å². The van der Waals surface area contributed by atoms with Crippen molar-refractivity contribution in [2.75, 3.05) is 17.2 Å². The molecule has 0 saturated heterocycles. The van der Waals surface area contributed by atoms with Gasteiger partial charge in [0, 0.05) is 18.7 Å². The SMILES string of the molecule is CCCNc1cc(NC2CC2C)nc(C(F)(F)F)n1. The van der Waals surface area contributed by atoms with Gasteiger partial charge in [0.25, 0.3) is 0 Å². The van der Waals surface area contributed by atoms with Gasteiger partial charge < -0.3 is 10.6 Å². The molecule has 7 heteroatoms. The third-order valence-corrected chi connectivity index (χ3v) is 2.98. The minimum absolute atomic E-state index is 0.208. The summed E-state index contributed by atoms with van der Waals surface area (Å²) in [6.45, 7) is 4.55. The Labute approximate surface area is 109 Å². The van der Waals surface area contributed by atoms with Gasteiger partial charge in [-0.05, 0) is 18.8 Å². The molecule has 1 fully saturated rings. The van der Waals surface area contributed by atoms with Crippen LogP contribution < -0.4 is 10.6 Å². The highest BCUT2D eigenvalue weighted by molar-refractivity contribution is 5.49. The van der Waals surface area contributed by atoms with Crippen LogP contribution in [0.5, 0.6) is 0 Å². The lowest BCUT2D eigenvalue weighted by Crippen LogP contribution is -2.16. The molecule has 19 heavy (non-hydrogen) atoms. The van der Waals surface area contributed by atoms with Crippen LogP contribution in [0.15, 0.2) is 6.07 Å². The second-order valence-electron chi connectivity index (χ2n) is 4.85. The van der Waals surface area contributed by atoms with Crippen LogP contribution in [0, 0.1) is 5.92 Å². The van der Waals surface area contributed by atoms with Gasteiger partial charge in [-0.3, -0.25) is 0 Å². The van der Waals surface area contributed by atoms with Crippen LogP contribution in [-0.2, 0) is 6.18 Å². The third kappa shape index (κ3) is 3.71. The number of anilines is 2. The molecule has 0 bridgehead atoms. The molecule has 1 aliphatic rings. The molecule has 4 nitrogen and oxygen atoms in total. The molecule has 0 radical (unpaired) electrons. The number of nitrogens with one attached hydrogen (secondary N) is 2. The molecule has 2 unspecified atom stereocenters. The molecule has 2 rings (SSSR count). The first-order valence-electron chi connectivity index (χ1n) is 6.37. The van der Waals surface area contributed by atoms with E-state index in [1.165, 1.54) is 6.07 Å². The lowest BCUT2D eigenvalue weighted by atomic mass is 10.4. The molecule has 0 aromatic carbocycles. The highest BCUT2D eigenvalue weighted by Gasteiger charge is 2.37. The monoisotopic (exact) mass is 274 g/mol. The Morgan fingerprint density at radius 1 is 1.32 bits per heavy atom. The van der Waals surface area contributed by atoms with Crippen molar-refractivity contribution in [2.24, 2.45) is 5.92 Å². The Bertz CT molecular complexity index is 447. The third-order valence-electron chi connectivity index (χ3n) is 2.98. The molecule has 0 amide bonds. The fraction of sp³-hybridized carbons (Fsp3) is 0.667. The van der Waals surface area contributed by atoms with Crippen molar-refractivity contribution in [3.8, 4) is 0 Å². The highest BCUT2D eigenvalue weighted by atomic mass is 19.4. The fourth-order valence-corrected chi connectivity index (χ4v) is 1.70. The number of aromatic nitrogens is 2. The van der Waals surface area contributed by atoms with Gasteiger partial charge in [0.05, 0.1) is 0 Å². The van der Waals surface area contributed by atoms with E-state index in [4.69, 9.17) is 0 Å². The van der Waals surface area contributed by atoms with Crippen LogP contribution in [0.4, 0.5) is 24.8 Å². The second-order valence-corrected chi connectivity index (χ2v) is 4.85. The Hall–Kier alpha value is -1.53. The van der Waals surface area contributed by atoms with Gasteiger partial charge in [0.1, 0.15) is 11.6 Å². The smallest absolute Gasteiger partial charge is 0.370 e. The zero-order valence-corrected chi connectivity index (χ0v) is 10.9. The molecular formula is C12H17F3N4. The summed E-state index contributed by atoms with van der Waals surface area (Å²) in [7, 11) is 0. The number of nitrogens with zero attached hydrogens (tertiary/aromatic N) is 2. The van der Waals surface area contributed by atoms with E-state index in [9.17, 15) is 13.2 Å². The topological polar surface area (TPSA) is 49.8 Å². The van der Waals surface area contributed by atoms with Crippen LogP contribution >= 0.6 is 0 Å². The Kier molecular flexibility index (Phi) is 3.82. The van der Waals surface area contributed by atoms with Gasteiger partial charge in [-0.15, -0.1) is 0 Å². The van der Waals surface area contributed by atoms with Gasteiger partial charge in [-0.1, -0.05) is 13.8 Å². The number of hydrogen-bond donors (Lipinski definition) is 2. The summed E-state index contributed by atoms with van der Waals surface area (Å²) in [6, 6.07) is 1.74. The molecule has 2 N–H and O–H groups in total. The van der Waals surface area contributed by atoms with Crippen molar-refractivity contribution >= 4 is 11.6 Å². The number of halogens is 3. The molecular weight excluding hydrogens is 257 g/mol. The molecule has 0 spiro atoms. The van der Waals surface area contributed by atoms with Crippen LogP contribution in [0.1, 0.15) is 32.5 Å². The van der Waals surface area contributed by atoms with Gasteiger partial charge in [-0.25, -0.2) is 9.97 Å². The first-order valence-corrected chi connectivity index (χ1v) is 6.37. The molecule has 1 aliphatic carbocycles. The van der Waals surface area contributed by atoms with Crippen LogP contribution in [-0.4, -0.2) is 22.6 Å². The Morgan fingerprint density at radius 3 is 2.47 bits per heavy atom. The predicted molar refractivity (Wildman–Crippen MR) is 67.0 cm³/mol. The maximum absolute atomic E-state index is 12.7. The molecule has 1 aromatic heterocycles. The molecule has 1 aromatic rings. The summed E-state index contributed by atoms with van der Waals surface area (Å²) in [5.74, 6) is -0.184. The zero-order valence-electron chi connectivity index (χ0n) is 10.9. The maximum atomic E-state index is 12.7. The number of rotatable bonds is 5. The quantitative estimate of drug-likeness (QED) is 0.866. The van der Waals surface area contributed by atoms with E-state index < -0.39 is 12.0 Å². The standard InChI is InChI=1S/C12H17F3N4/c1-3-4-16-9-6-10(17-8-5-7(8)2)19-11(18-9)12(13,14)15/h6-8H,3-5H2,1-2H3,(H2,16,17,18,19). The zero-order chi connectivity index (χ0) is 14.0. The van der Waals surface area contributed by atoms with E-state index in [-0.39, 0.29) is 17.7 Å². The van der Waals surface area contributed by atoms with Gasteiger partial charge in [0.15, 0.2) is 0 Å². The van der Waals surface area contributed by atoms with E-state index >= 15 is 0 Å². The van der Waals surface area contributed by atoms with E-state index in [1.807, 2.05) is 13.8 Å². The van der Waals surface area contributed by atoms with Crippen molar-refractivity contribution in [3.63, 3.8) is 0 Å². The Morgan fingerprint density at radius 2 is 1.95 bits per heavy atom. The molecule has 1 saturated carbocycles. The van der Waals surface area contributed by atoms with Gasteiger partial charge in [0.2, 0.25) is 5.82 Å². The van der Waals surface area contributed by atoms with Crippen molar-refractivity contribution < 1.29 is 13.2 Å². The summed E-state index contributed by atoms with van der Waals surface area (Å²) in [5, 5.41) is 5.86. The molecule has 106 valence electrons. The van der Waals surface area contributed by atoms with Crippen molar-refractivity contribution in [2.45, 2.75) is 38.9 Å². The lowest BCUT2D eigenvalue weighted by Gasteiger charge is -2.12. The molecule has 0 aliphatic heterocycles. The minimum atomic E-state index is -4.53. The van der Waals surface area contributed by atoms with Crippen LogP contribution in [0.2, 0.25) is 0 Å². The average molecular weight is 274 g/mol. The first-order chi connectivity index (χ1) is 8.90. The second kappa shape index (κ2) is 5.22. The van der Waals surface area contributed by atoms with E-state index in [0.29, 0.717) is 12.5 Å². The van der Waals surface area contributed by atoms with Crippen LogP contribution in [0.3, 0.4) is 0 Å². The van der Waals surface area contributed by atoms with E-state index in [0.717, 1.165) is 12.8 Å². The normalized spacial score (nSPS) is 22.2. The van der Waals surface area contributed by atoms with E-state index in [2.05, 4.69) is 20.6 Å². The largest absolute Gasteiger partial charge is 0.451 e. The van der Waals surface area contributed by atoms with Crippen molar-refractivity contribution in [1.82, 2.24) is 9.97 Å². The Balaban J connectivity index is 2.20. The minimum Gasteiger partial charge on any atom is -0.370 e. The summed E-state index contributed by atoms with van der Waals surface area (Å²) in [4.78, 5) is 7.04. The highest BCUT2D eigenvalue weighted by Crippen LogP contribution is 2.34.